The zero-order valence-corrected chi connectivity index (χ0v) is 11.8. The van der Waals surface area contributed by atoms with Gasteiger partial charge in [0.25, 0.3) is 0 Å². The molecule has 1 N–H and O–H groups in total. The SMILES string of the molecule is C=C(CC=CC(=O)O)C(=O)OCC.C=CC(=O)OCC. The van der Waals surface area contributed by atoms with Gasteiger partial charge in [0, 0.05) is 17.7 Å². The lowest BCUT2D eigenvalue weighted by molar-refractivity contribution is -0.139. The molecule has 0 aliphatic rings. The molecule has 0 heterocycles. The van der Waals surface area contributed by atoms with Crippen molar-refractivity contribution < 1.29 is 29.0 Å². The summed E-state index contributed by atoms with van der Waals surface area (Å²) in [6.07, 6.45) is 3.65. The van der Waals surface area contributed by atoms with Crippen LogP contribution in [-0.2, 0) is 23.9 Å². The van der Waals surface area contributed by atoms with Gasteiger partial charge in [0.1, 0.15) is 0 Å². The van der Waals surface area contributed by atoms with Crippen molar-refractivity contribution in [2.24, 2.45) is 0 Å². The average molecular weight is 284 g/mol. The van der Waals surface area contributed by atoms with Crippen LogP contribution in [0.25, 0.3) is 0 Å². The third-order valence-corrected chi connectivity index (χ3v) is 1.64. The molecule has 0 aliphatic carbocycles. The number of ether oxygens (including phenoxy) is 2. The van der Waals surface area contributed by atoms with Crippen LogP contribution in [0.5, 0.6) is 0 Å². The van der Waals surface area contributed by atoms with E-state index < -0.39 is 11.9 Å². The summed E-state index contributed by atoms with van der Waals surface area (Å²) in [6.45, 7) is 10.8. The summed E-state index contributed by atoms with van der Waals surface area (Å²) in [6, 6.07) is 0. The van der Waals surface area contributed by atoms with E-state index in [0.29, 0.717) is 13.2 Å². The minimum absolute atomic E-state index is 0.200. The van der Waals surface area contributed by atoms with Gasteiger partial charge < -0.3 is 14.6 Å². The van der Waals surface area contributed by atoms with Crippen LogP contribution in [0.4, 0.5) is 0 Å². The molecule has 0 aliphatic heterocycles. The Labute approximate surface area is 118 Å². The molecule has 20 heavy (non-hydrogen) atoms. The first-order valence-electron chi connectivity index (χ1n) is 5.92. The lowest BCUT2D eigenvalue weighted by Gasteiger charge is -2.00. The van der Waals surface area contributed by atoms with Gasteiger partial charge in [0.15, 0.2) is 0 Å². The van der Waals surface area contributed by atoms with Crippen LogP contribution in [0, 0.1) is 0 Å². The van der Waals surface area contributed by atoms with E-state index in [1.807, 2.05) is 0 Å². The number of hydrogen-bond acceptors (Lipinski definition) is 5. The maximum Gasteiger partial charge on any atom is 0.333 e. The monoisotopic (exact) mass is 284 g/mol. The van der Waals surface area contributed by atoms with Gasteiger partial charge in [-0.25, -0.2) is 14.4 Å². The van der Waals surface area contributed by atoms with Crippen LogP contribution in [0.2, 0.25) is 0 Å². The first-order valence-corrected chi connectivity index (χ1v) is 5.92. The topological polar surface area (TPSA) is 89.9 Å². The van der Waals surface area contributed by atoms with Crippen LogP contribution < -0.4 is 0 Å². The molecular weight excluding hydrogens is 264 g/mol. The predicted molar refractivity (Wildman–Crippen MR) is 74.0 cm³/mol. The summed E-state index contributed by atoms with van der Waals surface area (Å²) in [5, 5.41) is 8.24. The Morgan fingerprint density at radius 1 is 1.15 bits per heavy atom. The molecule has 0 aromatic rings. The van der Waals surface area contributed by atoms with E-state index >= 15 is 0 Å². The van der Waals surface area contributed by atoms with Gasteiger partial charge in [-0.15, -0.1) is 0 Å². The van der Waals surface area contributed by atoms with Crippen LogP contribution in [0.1, 0.15) is 20.3 Å². The van der Waals surface area contributed by atoms with Crippen LogP contribution >= 0.6 is 0 Å². The number of aliphatic carboxylic acids is 1. The van der Waals surface area contributed by atoms with Crippen molar-refractivity contribution in [3.63, 3.8) is 0 Å². The van der Waals surface area contributed by atoms with E-state index in [0.717, 1.165) is 12.2 Å². The summed E-state index contributed by atoms with van der Waals surface area (Å²) in [7, 11) is 0. The smallest absolute Gasteiger partial charge is 0.333 e. The molecule has 0 bridgehead atoms. The standard InChI is InChI=1S/C9H12O4.C5H8O2/c1-3-13-9(12)7(2)5-4-6-8(10)11;1-3-5(6)7-4-2/h4,6H,2-3,5H2,1H3,(H,10,11);3H,1,4H2,2H3. The predicted octanol–water partition coefficient (Wildman–Crippen LogP) is 1.87. The van der Waals surface area contributed by atoms with Gasteiger partial charge in [-0.3, -0.25) is 0 Å². The minimum atomic E-state index is -1.04. The number of allylic oxidation sites excluding steroid dienone is 1. The van der Waals surface area contributed by atoms with Crippen molar-refractivity contribution >= 4 is 17.9 Å². The number of carboxylic acid groups (broad SMARTS) is 1. The second-order valence-electron chi connectivity index (χ2n) is 3.22. The third-order valence-electron chi connectivity index (χ3n) is 1.64. The second kappa shape index (κ2) is 13.1. The molecule has 0 fully saturated rings. The van der Waals surface area contributed by atoms with Crippen molar-refractivity contribution in [3.05, 3.63) is 37.0 Å². The van der Waals surface area contributed by atoms with Gasteiger partial charge in [0.2, 0.25) is 0 Å². The fourth-order valence-corrected chi connectivity index (χ4v) is 0.820. The van der Waals surface area contributed by atoms with Gasteiger partial charge in [-0.2, -0.15) is 0 Å². The molecule has 0 spiro atoms. The molecule has 6 nitrogen and oxygen atoms in total. The van der Waals surface area contributed by atoms with E-state index in [1.54, 1.807) is 13.8 Å². The number of rotatable bonds is 7. The van der Waals surface area contributed by atoms with Crippen LogP contribution in [-0.4, -0.2) is 36.2 Å². The first-order chi connectivity index (χ1) is 9.38. The maximum atomic E-state index is 10.9. The number of hydrogen-bond donors (Lipinski definition) is 1. The summed E-state index contributed by atoms with van der Waals surface area (Å²) in [5.41, 5.74) is 0.249. The zero-order chi connectivity index (χ0) is 16.0. The molecular formula is C14H20O6. The highest BCUT2D eigenvalue weighted by Crippen LogP contribution is 2.01. The van der Waals surface area contributed by atoms with Crippen molar-refractivity contribution in [2.45, 2.75) is 20.3 Å². The zero-order valence-electron chi connectivity index (χ0n) is 11.8. The second-order valence-corrected chi connectivity index (χ2v) is 3.22. The Morgan fingerprint density at radius 2 is 1.70 bits per heavy atom. The Bertz CT molecular complexity index is 381. The lowest BCUT2D eigenvalue weighted by Crippen LogP contribution is -2.05. The Hall–Kier alpha value is -2.37. The minimum Gasteiger partial charge on any atom is -0.478 e. The van der Waals surface area contributed by atoms with E-state index in [9.17, 15) is 14.4 Å². The highest BCUT2D eigenvalue weighted by Gasteiger charge is 2.04. The Morgan fingerprint density at radius 3 is 2.05 bits per heavy atom. The molecule has 0 atom stereocenters. The molecule has 0 rings (SSSR count). The van der Waals surface area contributed by atoms with Gasteiger partial charge in [0.05, 0.1) is 13.2 Å². The fourth-order valence-electron chi connectivity index (χ4n) is 0.820. The summed E-state index contributed by atoms with van der Waals surface area (Å²) in [4.78, 5) is 31.0. The van der Waals surface area contributed by atoms with Gasteiger partial charge in [-0.05, 0) is 20.3 Å². The molecule has 0 unspecified atom stereocenters. The van der Waals surface area contributed by atoms with Gasteiger partial charge in [-0.1, -0.05) is 19.2 Å². The van der Waals surface area contributed by atoms with Crippen LogP contribution in [0.3, 0.4) is 0 Å². The quantitative estimate of drug-likeness (QED) is 0.567. The summed E-state index contributed by atoms with van der Waals surface area (Å²) < 4.78 is 9.08. The number of carbonyl (C=O) groups is 3. The summed E-state index contributed by atoms with van der Waals surface area (Å²) >= 11 is 0. The van der Waals surface area contributed by atoms with Gasteiger partial charge >= 0.3 is 17.9 Å². The van der Waals surface area contributed by atoms with E-state index in [1.165, 1.54) is 6.08 Å². The largest absolute Gasteiger partial charge is 0.478 e. The Balaban J connectivity index is 0. The van der Waals surface area contributed by atoms with Crippen molar-refractivity contribution in [1.29, 1.82) is 0 Å². The van der Waals surface area contributed by atoms with Crippen molar-refractivity contribution in [3.8, 4) is 0 Å². The number of carboxylic acids is 1. The molecule has 0 amide bonds. The number of carbonyl (C=O) groups excluding carboxylic acids is 2. The molecule has 0 aromatic heterocycles. The Kier molecular flexibility index (Phi) is 13.0. The van der Waals surface area contributed by atoms with Crippen molar-refractivity contribution in [1.82, 2.24) is 0 Å². The molecule has 112 valence electrons. The molecule has 0 aromatic carbocycles. The fraction of sp³-hybridized carbons (Fsp3) is 0.357. The normalized spacial score (nSPS) is 9.10. The van der Waals surface area contributed by atoms with Crippen molar-refractivity contribution in [2.75, 3.05) is 13.2 Å². The average Bonchev–Trinajstić information content (AvgIpc) is 2.39. The first kappa shape index (κ1) is 20.0. The maximum absolute atomic E-state index is 10.9. The molecule has 0 radical (unpaired) electrons. The number of esters is 2. The van der Waals surface area contributed by atoms with Crippen LogP contribution in [0.15, 0.2) is 37.0 Å². The highest BCUT2D eigenvalue weighted by atomic mass is 16.5. The lowest BCUT2D eigenvalue weighted by atomic mass is 10.2. The van der Waals surface area contributed by atoms with E-state index in [-0.39, 0.29) is 18.0 Å². The molecule has 0 saturated heterocycles. The van der Waals surface area contributed by atoms with E-state index in [4.69, 9.17) is 5.11 Å². The molecule has 6 heteroatoms. The third kappa shape index (κ3) is 13.7. The molecule has 0 saturated carbocycles. The van der Waals surface area contributed by atoms with E-state index in [2.05, 4.69) is 22.6 Å². The summed E-state index contributed by atoms with van der Waals surface area (Å²) in [5.74, 6) is -1.89. The highest BCUT2D eigenvalue weighted by molar-refractivity contribution is 5.88.